The molecular formula is C14H15FN2O6S. The molecule has 0 radical (unpaired) electrons. The van der Waals surface area contributed by atoms with Gasteiger partial charge in [-0.2, -0.15) is 4.31 Å². The summed E-state index contributed by atoms with van der Waals surface area (Å²) in [5.74, 6) is -1.33. The number of rotatable bonds is 4. The molecule has 1 aromatic carbocycles. The van der Waals surface area contributed by atoms with E-state index in [1.54, 1.807) is 0 Å². The van der Waals surface area contributed by atoms with Crippen LogP contribution in [0.5, 0.6) is 5.75 Å². The molecule has 24 heavy (non-hydrogen) atoms. The standard InChI is InChI=1S/C14H15FN2O6S/c1-22-12-3-2-10(6-11(12)15)24(20,21)16-5-4-9(7-16)17-13(18)8-23-14(17)19/h2-3,6,9H,4-5,7-8H2,1H3. The third-order valence-corrected chi connectivity index (χ3v) is 5.90. The third kappa shape index (κ3) is 2.71. The molecule has 0 N–H and O–H groups in total. The quantitative estimate of drug-likeness (QED) is 0.781. The first-order chi connectivity index (χ1) is 11.3. The maximum Gasteiger partial charge on any atom is 0.417 e. The van der Waals surface area contributed by atoms with Crippen LogP contribution < -0.4 is 4.74 Å². The van der Waals surface area contributed by atoms with Crippen molar-refractivity contribution in [3.05, 3.63) is 24.0 Å². The molecule has 8 nitrogen and oxygen atoms in total. The van der Waals surface area contributed by atoms with E-state index in [1.165, 1.54) is 19.2 Å². The lowest BCUT2D eigenvalue weighted by Gasteiger charge is -2.20. The highest BCUT2D eigenvalue weighted by atomic mass is 32.2. The van der Waals surface area contributed by atoms with Crippen LogP contribution in [0.15, 0.2) is 23.1 Å². The Hall–Kier alpha value is -2.20. The zero-order chi connectivity index (χ0) is 17.5. The molecule has 2 fully saturated rings. The summed E-state index contributed by atoms with van der Waals surface area (Å²) in [4.78, 5) is 24.0. The van der Waals surface area contributed by atoms with Crippen molar-refractivity contribution in [2.45, 2.75) is 17.4 Å². The van der Waals surface area contributed by atoms with Gasteiger partial charge >= 0.3 is 6.09 Å². The number of carbonyl (C=O) groups is 2. The molecule has 2 amide bonds. The number of imide groups is 1. The van der Waals surface area contributed by atoms with Gasteiger partial charge in [0.1, 0.15) is 0 Å². The Balaban J connectivity index is 1.80. The fourth-order valence-corrected chi connectivity index (χ4v) is 4.32. The van der Waals surface area contributed by atoms with Crippen molar-refractivity contribution in [1.82, 2.24) is 9.21 Å². The maximum atomic E-state index is 13.8. The minimum absolute atomic E-state index is 0.0448. The Morgan fingerprint density at radius 3 is 2.67 bits per heavy atom. The first-order valence-electron chi connectivity index (χ1n) is 7.17. The van der Waals surface area contributed by atoms with E-state index in [9.17, 15) is 22.4 Å². The fraction of sp³-hybridized carbons (Fsp3) is 0.429. The van der Waals surface area contributed by atoms with Crippen molar-refractivity contribution in [2.24, 2.45) is 0 Å². The monoisotopic (exact) mass is 358 g/mol. The predicted molar refractivity (Wildman–Crippen MR) is 78.3 cm³/mol. The number of benzene rings is 1. The van der Waals surface area contributed by atoms with Crippen molar-refractivity contribution in [3.63, 3.8) is 0 Å². The van der Waals surface area contributed by atoms with E-state index >= 15 is 0 Å². The summed E-state index contributed by atoms with van der Waals surface area (Å²) in [6, 6.07) is 2.79. The minimum atomic E-state index is -3.94. The van der Waals surface area contributed by atoms with Gasteiger partial charge in [-0.3, -0.25) is 4.79 Å². The molecule has 2 heterocycles. The molecule has 0 aromatic heterocycles. The number of ether oxygens (including phenoxy) is 2. The van der Waals surface area contributed by atoms with Gasteiger partial charge in [0.25, 0.3) is 5.91 Å². The van der Waals surface area contributed by atoms with Gasteiger partial charge in [-0.25, -0.2) is 22.5 Å². The zero-order valence-corrected chi connectivity index (χ0v) is 13.6. The van der Waals surface area contributed by atoms with Gasteiger partial charge in [0.05, 0.1) is 18.0 Å². The summed E-state index contributed by atoms with van der Waals surface area (Å²) < 4.78 is 49.5. The highest BCUT2D eigenvalue weighted by molar-refractivity contribution is 7.89. The number of halogens is 1. The van der Waals surface area contributed by atoms with Crippen LogP contribution in [0.4, 0.5) is 9.18 Å². The van der Waals surface area contributed by atoms with Crippen LogP contribution in [-0.2, 0) is 19.6 Å². The van der Waals surface area contributed by atoms with Crippen LogP contribution in [0.1, 0.15) is 6.42 Å². The van der Waals surface area contributed by atoms with Gasteiger partial charge in [0.2, 0.25) is 10.0 Å². The van der Waals surface area contributed by atoms with Crippen molar-refractivity contribution in [1.29, 1.82) is 0 Å². The van der Waals surface area contributed by atoms with Crippen molar-refractivity contribution < 1.29 is 31.9 Å². The van der Waals surface area contributed by atoms with Crippen molar-refractivity contribution in [3.8, 4) is 5.75 Å². The SMILES string of the molecule is COc1ccc(S(=O)(=O)N2CCC(N3C(=O)COC3=O)C2)cc1F. The number of nitrogens with zero attached hydrogens (tertiary/aromatic N) is 2. The normalized spacial score (nSPS) is 22.1. The smallest absolute Gasteiger partial charge is 0.417 e. The Labute approximate surface area is 137 Å². The highest BCUT2D eigenvalue weighted by Gasteiger charge is 2.43. The molecular weight excluding hydrogens is 343 g/mol. The molecule has 130 valence electrons. The third-order valence-electron chi connectivity index (χ3n) is 4.04. The topological polar surface area (TPSA) is 93.2 Å². The lowest BCUT2D eigenvalue weighted by Crippen LogP contribution is -2.42. The van der Waals surface area contributed by atoms with E-state index in [0.717, 1.165) is 15.3 Å². The molecule has 1 atom stereocenters. The number of carbonyl (C=O) groups excluding carboxylic acids is 2. The van der Waals surface area contributed by atoms with E-state index in [-0.39, 0.29) is 30.3 Å². The van der Waals surface area contributed by atoms with Crippen molar-refractivity contribution in [2.75, 3.05) is 26.8 Å². The first kappa shape index (κ1) is 16.7. The van der Waals surface area contributed by atoms with Crippen LogP contribution in [-0.4, -0.2) is 62.5 Å². The van der Waals surface area contributed by atoms with Crippen LogP contribution >= 0.6 is 0 Å². The highest BCUT2D eigenvalue weighted by Crippen LogP contribution is 2.27. The van der Waals surface area contributed by atoms with Gasteiger partial charge < -0.3 is 9.47 Å². The molecule has 2 saturated heterocycles. The molecule has 1 aromatic rings. The summed E-state index contributed by atoms with van der Waals surface area (Å²) in [7, 11) is -2.65. The number of sulfonamides is 1. The van der Waals surface area contributed by atoms with E-state index in [2.05, 4.69) is 4.74 Å². The number of amides is 2. The van der Waals surface area contributed by atoms with E-state index in [0.29, 0.717) is 6.42 Å². The fourth-order valence-electron chi connectivity index (χ4n) is 2.81. The Morgan fingerprint density at radius 1 is 1.33 bits per heavy atom. The van der Waals surface area contributed by atoms with Gasteiger partial charge in [0, 0.05) is 13.1 Å². The first-order valence-corrected chi connectivity index (χ1v) is 8.61. The van der Waals surface area contributed by atoms with Crippen LogP contribution in [0.25, 0.3) is 0 Å². The minimum Gasteiger partial charge on any atom is -0.494 e. The molecule has 0 saturated carbocycles. The summed E-state index contributed by atoms with van der Waals surface area (Å²) in [6.07, 6.45) is -0.460. The summed E-state index contributed by atoms with van der Waals surface area (Å²) in [5.41, 5.74) is 0. The van der Waals surface area contributed by atoms with E-state index < -0.39 is 33.9 Å². The maximum absolute atomic E-state index is 13.8. The van der Waals surface area contributed by atoms with Gasteiger partial charge in [-0.05, 0) is 24.6 Å². The molecule has 2 aliphatic heterocycles. The number of hydrogen-bond acceptors (Lipinski definition) is 6. The second-order valence-corrected chi connectivity index (χ2v) is 7.36. The van der Waals surface area contributed by atoms with Gasteiger partial charge in [-0.1, -0.05) is 0 Å². The molecule has 2 aliphatic rings. The molecule has 0 spiro atoms. The van der Waals surface area contributed by atoms with E-state index in [4.69, 9.17) is 4.74 Å². The summed E-state index contributed by atoms with van der Waals surface area (Å²) in [6.45, 7) is -0.250. The Bertz CT molecular complexity index is 780. The summed E-state index contributed by atoms with van der Waals surface area (Å²) in [5, 5.41) is 0. The van der Waals surface area contributed by atoms with Crippen molar-refractivity contribution >= 4 is 22.0 Å². The molecule has 0 bridgehead atoms. The Kier molecular flexibility index (Phi) is 4.18. The predicted octanol–water partition coefficient (Wildman–Crippen LogP) is 0.576. The Morgan fingerprint density at radius 2 is 2.08 bits per heavy atom. The van der Waals surface area contributed by atoms with Gasteiger partial charge in [-0.15, -0.1) is 0 Å². The average molecular weight is 358 g/mol. The number of methoxy groups -OCH3 is 1. The summed E-state index contributed by atoms with van der Waals surface area (Å²) >= 11 is 0. The molecule has 1 unspecified atom stereocenters. The second-order valence-electron chi connectivity index (χ2n) is 5.42. The molecule has 3 rings (SSSR count). The second kappa shape index (κ2) is 6.02. The van der Waals surface area contributed by atoms with Crippen LogP contribution in [0.3, 0.4) is 0 Å². The zero-order valence-electron chi connectivity index (χ0n) is 12.8. The lowest BCUT2D eigenvalue weighted by atomic mass is 10.2. The van der Waals surface area contributed by atoms with E-state index in [1.807, 2.05) is 0 Å². The lowest BCUT2D eigenvalue weighted by molar-refractivity contribution is -0.127. The molecule has 0 aliphatic carbocycles. The average Bonchev–Trinajstić information content (AvgIpc) is 3.14. The number of hydrogen-bond donors (Lipinski definition) is 0. The van der Waals surface area contributed by atoms with Crippen LogP contribution in [0, 0.1) is 5.82 Å². The molecule has 10 heteroatoms. The number of cyclic esters (lactones) is 1. The van der Waals surface area contributed by atoms with Crippen LogP contribution in [0.2, 0.25) is 0 Å². The largest absolute Gasteiger partial charge is 0.494 e. The van der Waals surface area contributed by atoms with Gasteiger partial charge in [0.15, 0.2) is 18.2 Å².